The molecular weight excluding hydrogens is 295 g/mol. The highest BCUT2D eigenvalue weighted by Gasteiger charge is 2.17. The van der Waals surface area contributed by atoms with Crippen LogP contribution in [0.25, 0.3) is 0 Å². The molecule has 0 saturated heterocycles. The van der Waals surface area contributed by atoms with Crippen LogP contribution >= 0.6 is 0 Å². The number of nitrogens with one attached hydrogen (secondary N) is 1. The van der Waals surface area contributed by atoms with Crippen molar-refractivity contribution in [2.24, 2.45) is 0 Å². The Morgan fingerprint density at radius 2 is 1.95 bits per heavy atom. The van der Waals surface area contributed by atoms with Crippen molar-refractivity contribution in [1.29, 1.82) is 0 Å². The fourth-order valence-corrected chi connectivity index (χ4v) is 2.99. The minimum absolute atomic E-state index is 0.0423. The Bertz CT molecular complexity index is 733. The Hall–Kier alpha value is -1.83. The van der Waals surface area contributed by atoms with E-state index in [4.69, 9.17) is 5.11 Å². The van der Waals surface area contributed by atoms with Crippen LogP contribution in [0.4, 0.5) is 4.39 Å². The van der Waals surface area contributed by atoms with E-state index in [9.17, 15) is 12.8 Å². The summed E-state index contributed by atoms with van der Waals surface area (Å²) in [5, 5.41) is 9.08. The van der Waals surface area contributed by atoms with Crippen LogP contribution in [-0.4, -0.2) is 18.5 Å². The first-order valence-electron chi connectivity index (χ1n) is 6.22. The summed E-state index contributed by atoms with van der Waals surface area (Å²) in [5.74, 6) is -0.592. The molecule has 21 heavy (non-hydrogen) atoms. The van der Waals surface area contributed by atoms with E-state index < -0.39 is 22.4 Å². The number of aliphatic hydroxyl groups excluding tert-OH is 1. The van der Waals surface area contributed by atoms with Gasteiger partial charge in [-0.05, 0) is 42.3 Å². The summed E-state index contributed by atoms with van der Waals surface area (Å²) in [4.78, 5) is 3.78. The fourth-order valence-electron chi connectivity index (χ4n) is 1.84. The molecule has 0 fully saturated rings. The van der Waals surface area contributed by atoms with E-state index in [2.05, 4.69) is 9.71 Å². The monoisotopic (exact) mass is 310 g/mol. The lowest BCUT2D eigenvalue weighted by Gasteiger charge is -2.10. The lowest BCUT2D eigenvalue weighted by atomic mass is 10.1. The second-order valence-corrected chi connectivity index (χ2v) is 6.32. The smallest absolute Gasteiger partial charge is 0.240 e. The summed E-state index contributed by atoms with van der Waals surface area (Å²) in [6, 6.07) is 5.76. The third kappa shape index (κ3) is 3.63. The molecular formula is C14H15FN2O3S. The van der Waals surface area contributed by atoms with Crippen LogP contribution in [0.2, 0.25) is 0 Å². The van der Waals surface area contributed by atoms with Crippen molar-refractivity contribution >= 4 is 10.0 Å². The van der Waals surface area contributed by atoms with E-state index in [1.54, 1.807) is 24.5 Å². The molecule has 112 valence electrons. The van der Waals surface area contributed by atoms with Crippen molar-refractivity contribution in [3.8, 4) is 0 Å². The van der Waals surface area contributed by atoms with Gasteiger partial charge in [0.25, 0.3) is 0 Å². The summed E-state index contributed by atoms with van der Waals surface area (Å²) >= 11 is 0. The van der Waals surface area contributed by atoms with Crippen LogP contribution in [0.3, 0.4) is 0 Å². The molecule has 0 spiro atoms. The number of halogens is 1. The number of aliphatic hydroxyl groups is 1. The number of nitrogens with zero attached hydrogens (tertiary/aromatic N) is 1. The molecule has 0 aliphatic carbocycles. The van der Waals surface area contributed by atoms with Gasteiger partial charge in [0, 0.05) is 24.5 Å². The zero-order chi connectivity index (χ0) is 15.5. The highest BCUT2D eigenvalue weighted by molar-refractivity contribution is 7.89. The van der Waals surface area contributed by atoms with Crippen molar-refractivity contribution in [1.82, 2.24) is 9.71 Å². The van der Waals surface area contributed by atoms with Crippen molar-refractivity contribution in [2.45, 2.75) is 25.0 Å². The number of sulfonamides is 1. The molecule has 2 rings (SSSR count). The van der Waals surface area contributed by atoms with Crippen LogP contribution in [0.15, 0.2) is 41.6 Å². The SMILES string of the molecule is Cc1cc(S(=O)(=O)NCc2ccncc2)cc(CO)c1F. The first-order valence-corrected chi connectivity index (χ1v) is 7.71. The number of aromatic nitrogens is 1. The third-order valence-corrected chi connectivity index (χ3v) is 4.38. The number of rotatable bonds is 5. The standard InChI is InChI=1S/C14H15FN2O3S/c1-10-6-13(7-12(9-18)14(10)15)21(19,20)17-8-11-2-4-16-5-3-11/h2-7,17-18H,8-9H2,1H3. The summed E-state index contributed by atoms with van der Waals surface area (Å²) in [5.41, 5.74) is 0.889. The molecule has 0 saturated carbocycles. The molecule has 0 aliphatic rings. The second-order valence-electron chi connectivity index (χ2n) is 4.55. The zero-order valence-corrected chi connectivity index (χ0v) is 12.2. The maximum atomic E-state index is 13.6. The molecule has 0 atom stereocenters. The average molecular weight is 310 g/mol. The molecule has 0 radical (unpaired) electrons. The van der Waals surface area contributed by atoms with Crippen molar-refractivity contribution in [3.63, 3.8) is 0 Å². The van der Waals surface area contributed by atoms with Crippen LogP contribution in [0.1, 0.15) is 16.7 Å². The molecule has 0 amide bonds. The molecule has 2 aromatic rings. The molecule has 1 aromatic heterocycles. The Morgan fingerprint density at radius 3 is 2.57 bits per heavy atom. The third-order valence-electron chi connectivity index (χ3n) is 3.00. The van der Waals surface area contributed by atoms with Gasteiger partial charge in [0.15, 0.2) is 0 Å². The summed E-state index contributed by atoms with van der Waals surface area (Å²) in [6.07, 6.45) is 3.13. The minimum Gasteiger partial charge on any atom is -0.392 e. The van der Waals surface area contributed by atoms with Gasteiger partial charge in [-0.1, -0.05) is 0 Å². The van der Waals surface area contributed by atoms with E-state index in [-0.39, 0.29) is 22.6 Å². The molecule has 2 N–H and O–H groups in total. The number of pyridine rings is 1. The van der Waals surface area contributed by atoms with Gasteiger partial charge in [0.2, 0.25) is 10.0 Å². The van der Waals surface area contributed by atoms with Gasteiger partial charge in [-0.25, -0.2) is 17.5 Å². The Kier molecular flexibility index (Phi) is 4.66. The van der Waals surface area contributed by atoms with Crippen LogP contribution in [-0.2, 0) is 23.2 Å². The van der Waals surface area contributed by atoms with Crippen molar-refractivity contribution in [2.75, 3.05) is 0 Å². The largest absolute Gasteiger partial charge is 0.392 e. The Labute approximate surface area is 122 Å². The minimum atomic E-state index is -3.78. The number of hydrogen-bond acceptors (Lipinski definition) is 4. The van der Waals surface area contributed by atoms with Gasteiger partial charge in [-0.15, -0.1) is 0 Å². The predicted molar refractivity (Wildman–Crippen MR) is 75.3 cm³/mol. The molecule has 5 nitrogen and oxygen atoms in total. The van der Waals surface area contributed by atoms with Crippen LogP contribution in [0, 0.1) is 12.7 Å². The van der Waals surface area contributed by atoms with E-state index >= 15 is 0 Å². The maximum absolute atomic E-state index is 13.6. The lowest BCUT2D eigenvalue weighted by Crippen LogP contribution is -2.23. The number of hydrogen-bond donors (Lipinski definition) is 2. The Balaban J connectivity index is 2.25. The fraction of sp³-hybridized carbons (Fsp3) is 0.214. The first-order chi connectivity index (χ1) is 9.94. The maximum Gasteiger partial charge on any atom is 0.240 e. The first kappa shape index (κ1) is 15.6. The predicted octanol–water partition coefficient (Wildman–Crippen LogP) is 1.50. The van der Waals surface area contributed by atoms with Gasteiger partial charge >= 0.3 is 0 Å². The van der Waals surface area contributed by atoms with E-state index in [0.717, 1.165) is 11.6 Å². The second kappa shape index (κ2) is 6.30. The topological polar surface area (TPSA) is 79.3 Å². The molecule has 0 bridgehead atoms. The van der Waals surface area contributed by atoms with Crippen LogP contribution in [0.5, 0.6) is 0 Å². The van der Waals surface area contributed by atoms with Gasteiger partial charge in [-0.2, -0.15) is 0 Å². The molecule has 0 aliphatic heterocycles. The summed E-state index contributed by atoms with van der Waals surface area (Å²) in [6.45, 7) is 1.01. The molecule has 1 heterocycles. The van der Waals surface area contributed by atoms with Gasteiger partial charge < -0.3 is 5.11 Å². The van der Waals surface area contributed by atoms with Crippen molar-refractivity contribution < 1.29 is 17.9 Å². The molecule has 7 heteroatoms. The van der Waals surface area contributed by atoms with E-state index in [1.807, 2.05) is 0 Å². The highest BCUT2D eigenvalue weighted by Crippen LogP contribution is 2.19. The van der Waals surface area contributed by atoms with Gasteiger partial charge in [0.1, 0.15) is 5.82 Å². The normalized spacial score (nSPS) is 11.6. The number of aryl methyl sites for hydroxylation is 1. The zero-order valence-electron chi connectivity index (χ0n) is 11.4. The summed E-state index contributed by atoms with van der Waals surface area (Å²) < 4.78 is 40.5. The van der Waals surface area contributed by atoms with Crippen molar-refractivity contribution in [3.05, 3.63) is 59.2 Å². The van der Waals surface area contributed by atoms with E-state index in [0.29, 0.717) is 0 Å². The van der Waals surface area contributed by atoms with Crippen LogP contribution < -0.4 is 4.72 Å². The molecule has 1 aromatic carbocycles. The molecule has 0 unspecified atom stereocenters. The lowest BCUT2D eigenvalue weighted by molar-refractivity contribution is 0.275. The quantitative estimate of drug-likeness (QED) is 0.877. The van der Waals surface area contributed by atoms with Gasteiger partial charge in [-0.3, -0.25) is 4.98 Å². The highest BCUT2D eigenvalue weighted by atomic mass is 32.2. The van der Waals surface area contributed by atoms with E-state index in [1.165, 1.54) is 13.0 Å². The Morgan fingerprint density at radius 1 is 1.29 bits per heavy atom. The summed E-state index contributed by atoms with van der Waals surface area (Å²) in [7, 11) is -3.78. The van der Waals surface area contributed by atoms with Gasteiger partial charge in [0.05, 0.1) is 11.5 Å². The average Bonchev–Trinajstić information content (AvgIpc) is 2.49. The number of benzene rings is 1.